The number of nitrogens with one attached hydrogen (secondary N) is 1. The molecular weight excluding hydrogens is 280 g/mol. The van der Waals surface area contributed by atoms with E-state index in [1.54, 1.807) is 0 Å². The van der Waals surface area contributed by atoms with Gasteiger partial charge in [-0.05, 0) is 54.5 Å². The van der Waals surface area contributed by atoms with Crippen LogP contribution in [0.25, 0.3) is 10.9 Å². The van der Waals surface area contributed by atoms with Crippen LogP contribution in [0.5, 0.6) is 0 Å². The van der Waals surface area contributed by atoms with Crippen molar-refractivity contribution in [3.63, 3.8) is 0 Å². The van der Waals surface area contributed by atoms with Gasteiger partial charge in [0.1, 0.15) is 0 Å². The van der Waals surface area contributed by atoms with Crippen LogP contribution in [0.3, 0.4) is 0 Å². The van der Waals surface area contributed by atoms with Crippen molar-refractivity contribution in [3.8, 4) is 0 Å². The minimum atomic E-state index is 0.565. The van der Waals surface area contributed by atoms with Gasteiger partial charge in [-0.15, -0.1) is 0 Å². The third kappa shape index (κ3) is 2.59. The summed E-state index contributed by atoms with van der Waals surface area (Å²) in [5.41, 5.74) is 7.54. The largest absolute Gasteiger partial charge is 0.355 e. The molecule has 0 saturated heterocycles. The van der Waals surface area contributed by atoms with Crippen molar-refractivity contribution >= 4 is 22.3 Å². The Morgan fingerprint density at radius 3 is 2.52 bits per heavy atom. The van der Waals surface area contributed by atoms with Gasteiger partial charge in [-0.2, -0.15) is 0 Å². The summed E-state index contributed by atoms with van der Waals surface area (Å²) in [5, 5.41) is 4.90. The Balaban J connectivity index is 1.79. The van der Waals surface area contributed by atoms with Crippen LogP contribution in [0.4, 0.5) is 11.4 Å². The zero-order valence-corrected chi connectivity index (χ0v) is 13.8. The Hall–Kier alpha value is -2.35. The summed E-state index contributed by atoms with van der Waals surface area (Å²) in [6.07, 6.45) is 3.43. The van der Waals surface area contributed by atoms with Crippen LogP contribution in [0.15, 0.2) is 48.5 Å². The highest BCUT2D eigenvalue weighted by atomic mass is 14.9. The third-order valence-electron chi connectivity index (χ3n) is 4.77. The van der Waals surface area contributed by atoms with Crippen molar-refractivity contribution in [2.24, 2.45) is 0 Å². The number of aryl methyl sites for hydroxylation is 1. The molecule has 1 aliphatic rings. The maximum absolute atomic E-state index is 4.86. The molecule has 4 rings (SSSR count). The Kier molecular flexibility index (Phi) is 3.53. The molecule has 1 aromatic heterocycles. The van der Waals surface area contributed by atoms with E-state index >= 15 is 0 Å². The Morgan fingerprint density at radius 2 is 1.74 bits per heavy atom. The van der Waals surface area contributed by atoms with Gasteiger partial charge < -0.3 is 5.32 Å². The maximum Gasteiger partial charge on any atom is 0.0726 e. The molecule has 0 fully saturated rings. The number of anilines is 2. The molecule has 0 saturated carbocycles. The number of hydrogen-bond acceptors (Lipinski definition) is 2. The number of pyridine rings is 1. The second-order valence-corrected chi connectivity index (χ2v) is 6.68. The molecule has 0 aliphatic heterocycles. The number of fused-ring (bicyclic) bond motifs is 2. The lowest BCUT2D eigenvalue weighted by Gasteiger charge is -2.15. The van der Waals surface area contributed by atoms with Gasteiger partial charge in [-0.25, -0.2) is 0 Å². The fourth-order valence-electron chi connectivity index (χ4n) is 3.45. The van der Waals surface area contributed by atoms with E-state index in [2.05, 4.69) is 67.7 Å². The lowest BCUT2D eigenvalue weighted by atomic mass is 10.0. The number of hydrogen-bond donors (Lipinski definition) is 1. The summed E-state index contributed by atoms with van der Waals surface area (Å²) in [5.74, 6) is 0.565. The number of rotatable bonds is 3. The lowest BCUT2D eigenvalue weighted by Crippen LogP contribution is -2.00. The topological polar surface area (TPSA) is 24.9 Å². The fraction of sp³-hybridized carbons (Fsp3) is 0.286. The number of aromatic nitrogens is 1. The van der Waals surface area contributed by atoms with Crippen LogP contribution in [0.2, 0.25) is 0 Å². The quantitative estimate of drug-likeness (QED) is 0.682. The number of nitrogens with zero attached hydrogens (tertiary/aromatic N) is 1. The lowest BCUT2D eigenvalue weighted by molar-refractivity contribution is 0.867. The molecule has 1 aliphatic carbocycles. The van der Waals surface area contributed by atoms with Gasteiger partial charge in [0.2, 0.25) is 0 Å². The van der Waals surface area contributed by atoms with Gasteiger partial charge in [-0.1, -0.05) is 44.2 Å². The Labute approximate surface area is 137 Å². The highest BCUT2D eigenvalue weighted by Crippen LogP contribution is 2.35. The third-order valence-corrected chi connectivity index (χ3v) is 4.77. The van der Waals surface area contributed by atoms with E-state index in [9.17, 15) is 0 Å². The average Bonchev–Trinajstić information content (AvgIpc) is 3.03. The molecule has 0 atom stereocenters. The van der Waals surface area contributed by atoms with E-state index in [0.29, 0.717) is 5.92 Å². The van der Waals surface area contributed by atoms with Crippen molar-refractivity contribution < 1.29 is 0 Å². The molecule has 0 amide bonds. The average molecular weight is 302 g/mol. The minimum absolute atomic E-state index is 0.565. The smallest absolute Gasteiger partial charge is 0.0726 e. The van der Waals surface area contributed by atoms with Gasteiger partial charge in [0.25, 0.3) is 0 Å². The van der Waals surface area contributed by atoms with E-state index in [1.807, 2.05) is 0 Å². The monoisotopic (exact) mass is 302 g/mol. The van der Waals surface area contributed by atoms with E-state index in [0.717, 1.165) is 24.0 Å². The summed E-state index contributed by atoms with van der Waals surface area (Å²) >= 11 is 0. The van der Waals surface area contributed by atoms with Crippen molar-refractivity contribution in [2.75, 3.05) is 5.32 Å². The second kappa shape index (κ2) is 5.69. The Morgan fingerprint density at radius 1 is 0.957 bits per heavy atom. The zero-order valence-electron chi connectivity index (χ0n) is 13.8. The van der Waals surface area contributed by atoms with Crippen LogP contribution in [-0.2, 0) is 12.8 Å². The molecule has 23 heavy (non-hydrogen) atoms. The molecule has 3 aromatic rings. The molecule has 0 spiro atoms. The van der Waals surface area contributed by atoms with Crippen LogP contribution >= 0.6 is 0 Å². The van der Waals surface area contributed by atoms with Gasteiger partial charge in [-0.3, -0.25) is 4.98 Å². The van der Waals surface area contributed by atoms with E-state index in [-0.39, 0.29) is 0 Å². The summed E-state index contributed by atoms with van der Waals surface area (Å²) < 4.78 is 0. The first-order valence-corrected chi connectivity index (χ1v) is 8.50. The number of benzene rings is 2. The fourth-order valence-corrected chi connectivity index (χ4v) is 3.45. The summed E-state index contributed by atoms with van der Waals surface area (Å²) in [4.78, 5) is 4.86. The van der Waals surface area contributed by atoms with Gasteiger partial charge in [0.15, 0.2) is 0 Å². The first kappa shape index (κ1) is 14.3. The molecule has 2 heteroatoms. The van der Waals surface area contributed by atoms with E-state index < -0.39 is 0 Å². The summed E-state index contributed by atoms with van der Waals surface area (Å²) in [6, 6.07) is 17.3. The van der Waals surface area contributed by atoms with E-state index in [4.69, 9.17) is 4.98 Å². The van der Waals surface area contributed by atoms with E-state index in [1.165, 1.54) is 34.3 Å². The van der Waals surface area contributed by atoms with Crippen molar-refractivity contribution in [3.05, 3.63) is 65.4 Å². The first-order valence-electron chi connectivity index (χ1n) is 8.50. The molecule has 0 radical (unpaired) electrons. The zero-order chi connectivity index (χ0) is 15.8. The van der Waals surface area contributed by atoms with Crippen molar-refractivity contribution in [2.45, 2.75) is 39.0 Å². The van der Waals surface area contributed by atoms with Crippen LogP contribution in [-0.4, -0.2) is 4.98 Å². The Bertz CT molecular complexity index is 848. The van der Waals surface area contributed by atoms with Crippen molar-refractivity contribution in [1.29, 1.82) is 0 Å². The standard InChI is InChI=1S/C21H22N2/c1-14(2)15-10-12-16(13-11-15)22-21-17-6-3-4-8-19(17)23-20-9-5-7-18(20)21/h3-4,6,8,10-14H,5,7,9H2,1-2H3,(H,22,23). The van der Waals surface area contributed by atoms with Crippen LogP contribution in [0, 0.1) is 0 Å². The predicted molar refractivity (Wildman–Crippen MR) is 97.6 cm³/mol. The summed E-state index contributed by atoms with van der Waals surface area (Å²) in [6.45, 7) is 4.46. The first-order chi connectivity index (χ1) is 11.2. The van der Waals surface area contributed by atoms with Gasteiger partial charge in [0.05, 0.1) is 11.2 Å². The SMILES string of the molecule is CC(C)c1ccc(Nc2c3c(nc4ccccc24)CCC3)cc1. The summed E-state index contributed by atoms with van der Waals surface area (Å²) in [7, 11) is 0. The molecule has 2 nitrogen and oxygen atoms in total. The normalized spacial score (nSPS) is 13.5. The molecule has 0 unspecified atom stereocenters. The van der Waals surface area contributed by atoms with Crippen LogP contribution < -0.4 is 5.32 Å². The maximum atomic E-state index is 4.86. The highest BCUT2D eigenvalue weighted by Gasteiger charge is 2.19. The molecule has 2 aromatic carbocycles. The molecule has 1 N–H and O–H groups in total. The minimum Gasteiger partial charge on any atom is -0.355 e. The molecular formula is C21H22N2. The molecule has 1 heterocycles. The van der Waals surface area contributed by atoms with Crippen LogP contribution in [0.1, 0.15) is 43.0 Å². The molecule has 116 valence electrons. The number of para-hydroxylation sites is 1. The molecule has 0 bridgehead atoms. The van der Waals surface area contributed by atoms with Gasteiger partial charge >= 0.3 is 0 Å². The predicted octanol–water partition coefficient (Wildman–Crippen LogP) is 5.59. The van der Waals surface area contributed by atoms with Crippen molar-refractivity contribution in [1.82, 2.24) is 4.98 Å². The highest BCUT2D eigenvalue weighted by molar-refractivity contribution is 5.95. The van der Waals surface area contributed by atoms with Gasteiger partial charge in [0, 0.05) is 16.8 Å². The second-order valence-electron chi connectivity index (χ2n) is 6.68.